The van der Waals surface area contributed by atoms with E-state index in [-0.39, 0.29) is 31.2 Å². The molecule has 9 heteroatoms. The molecule has 0 radical (unpaired) electrons. The summed E-state index contributed by atoms with van der Waals surface area (Å²) in [5.74, 6) is 0.534. The van der Waals surface area contributed by atoms with Crippen LogP contribution in [0.15, 0.2) is 42.7 Å². The highest BCUT2D eigenvalue weighted by atomic mass is 16.5. The first-order chi connectivity index (χ1) is 14.5. The number of hydrogen-bond donors (Lipinski definition) is 2. The van der Waals surface area contributed by atoms with Gasteiger partial charge in [-0.3, -0.25) is 19.5 Å². The molecule has 2 N–H and O–H groups in total. The topological polar surface area (TPSA) is 110 Å². The van der Waals surface area contributed by atoms with Crippen LogP contribution in [0.2, 0.25) is 0 Å². The average Bonchev–Trinajstić information content (AvgIpc) is 3.04. The van der Waals surface area contributed by atoms with Crippen molar-refractivity contribution < 1.29 is 23.9 Å². The number of urea groups is 1. The molecular formula is C21H24N4O5. The maximum Gasteiger partial charge on any atom is 0.325 e. The second-order valence-corrected chi connectivity index (χ2v) is 6.79. The number of methoxy groups -OCH3 is 2. The highest BCUT2D eigenvalue weighted by Crippen LogP contribution is 2.28. The molecule has 0 saturated carbocycles. The number of amides is 4. The molecule has 4 amide bonds. The van der Waals surface area contributed by atoms with E-state index in [1.54, 1.807) is 36.7 Å². The van der Waals surface area contributed by atoms with E-state index in [0.717, 1.165) is 16.0 Å². The van der Waals surface area contributed by atoms with E-state index in [1.807, 2.05) is 6.07 Å². The number of ether oxygens (including phenoxy) is 2. The molecule has 1 saturated heterocycles. The second kappa shape index (κ2) is 9.73. The fourth-order valence-electron chi connectivity index (χ4n) is 3.15. The van der Waals surface area contributed by atoms with Crippen LogP contribution in [0.4, 0.5) is 4.79 Å². The summed E-state index contributed by atoms with van der Waals surface area (Å²) in [5, 5.41) is 5.43. The van der Waals surface area contributed by atoms with Crippen molar-refractivity contribution in [2.45, 2.75) is 32.0 Å². The number of rotatable bonds is 9. The van der Waals surface area contributed by atoms with E-state index in [0.29, 0.717) is 18.0 Å². The van der Waals surface area contributed by atoms with Gasteiger partial charge >= 0.3 is 6.03 Å². The maximum atomic E-state index is 12.6. The number of benzene rings is 1. The minimum Gasteiger partial charge on any atom is -0.493 e. The summed E-state index contributed by atoms with van der Waals surface area (Å²) in [7, 11) is 3.05. The molecule has 1 aromatic carbocycles. The van der Waals surface area contributed by atoms with Crippen LogP contribution in [0.3, 0.4) is 0 Å². The zero-order valence-electron chi connectivity index (χ0n) is 16.9. The quantitative estimate of drug-likeness (QED) is 0.606. The number of nitrogens with zero attached hydrogens (tertiary/aromatic N) is 2. The summed E-state index contributed by atoms with van der Waals surface area (Å²) < 4.78 is 10.5. The summed E-state index contributed by atoms with van der Waals surface area (Å²) in [5.41, 5.74) is 1.61. The molecule has 3 rings (SSSR count). The van der Waals surface area contributed by atoms with Crippen LogP contribution in [-0.2, 0) is 22.7 Å². The molecule has 30 heavy (non-hydrogen) atoms. The molecule has 0 spiro atoms. The van der Waals surface area contributed by atoms with E-state index in [2.05, 4.69) is 15.6 Å². The molecule has 0 unspecified atom stereocenters. The van der Waals surface area contributed by atoms with Gasteiger partial charge in [-0.25, -0.2) is 4.79 Å². The molecule has 0 aliphatic carbocycles. The van der Waals surface area contributed by atoms with Gasteiger partial charge in [-0.2, -0.15) is 0 Å². The van der Waals surface area contributed by atoms with Gasteiger partial charge in [-0.05, 0) is 35.7 Å². The molecule has 2 aromatic rings. The average molecular weight is 412 g/mol. The molecule has 1 aliphatic heterocycles. The maximum absolute atomic E-state index is 12.6. The third-order valence-corrected chi connectivity index (χ3v) is 4.77. The first-order valence-corrected chi connectivity index (χ1v) is 9.50. The van der Waals surface area contributed by atoms with Crippen molar-refractivity contribution in [3.8, 4) is 11.5 Å². The number of nitrogens with one attached hydrogen (secondary N) is 2. The number of aromatic nitrogens is 1. The molecule has 9 nitrogen and oxygen atoms in total. The summed E-state index contributed by atoms with van der Waals surface area (Å²) in [6.45, 7) is 0.470. The van der Waals surface area contributed by atoms with Crippen LogP contribution in [0, 0.1) is 0 Å². The summed E-state index contributed by atoms with van der Waals surface area (Å²) in [4.78, 5) is 42.1. The Kier molecular flexibility index (Phi) is 6.84. The Hall–Kier alpha value is -3.62. The minimum absolute atomic E-state index is 0.106. The normalized spacial score (nSPS) is 15.7. The van der Waals surface area contributed by atoms with E-state index >= 15 is 0 Å². The predicted molar refractivity (Wildman–Crippen MR) is 108 cm³/mol. The Morgan fingerprint density at radius 1 is 1.17 bits per heavy atom. The van der Waals surface area contributed by atoms with Crippen LogP contribution in [0.5, 0.6) is 11.5 Å². The van der Waals surface area contributed by atoms with E-state index < -0.39 is 12.1 Å². The van der Waals surface area contributed by atoms with Crippen molar-refractivity contribution >= 4 is 17.8 Å². The van der Waals surface area contributed by atoms with Gasteiger partial charge in [0.1, 0.15) is 6.04 Å². The lowest BCUT2D eigenvalue weighted by Crippen LogP contribution is -2.32. The zero-order valence-corrected chi connectivity index (χ0v) is 16.9. The molecule has 158 valence electrons. The summed E-state index contributed by atoms with van der Waals surface area (Å²) in [6.07, 6.45) is 3.69. The highest BCUT2D eigenvalue weighted by molar-refractivity contribution is 6.04. The molecule has 2 heterocycles. The Labute approximate surface area is 174 Å². The van der Waals surface area contributed by atoms with Crippen molar-refractivity contribution in [3.63, 3.8) is 0 Å². The van der Waals surface area contributed by atoms with Crippen LogP contribution >= 0.6 is 0 Å². The first kappa shape index (κ1) is 21.1. The summed E-state index contributed by atoms with van der Waals surface area (Å²) >= 11 is 0. The van der Waals surface area contributed by atoms with Crippen molar-refractivity contribution in [1.82, 2.24) is 20.5 Å². The van der Waals surface area contributed by atoms with Gasteiger partial charge in [0.15, 0.2) is 11.5 Å². The third kappa shape index (κ3) is 5.05. The van der Waals surface area contributed by atoms with E-state index in [9.17, 15) is 14.4 Å². The third-order valence-electron chi connectivity index (χ3n) is 4.77. The van der Waals surface area contributed by atoms with E-state index in [1.165, 1.54) is 14.2 Å². The van der Waals surface area contributed by atoms with Gasteiger partial charge in [-0.15, -0.1) is 0 Å². The Morgan fingerprint density at radius 2 is 1.97 bits per heavy atom. The fraction of sp³-hybridized carbons (Fsp3) is 0.333. The molecule has 1 aromatic heterocycles. The number of imide groups is 1. The van der Waals surface area contributed by atoms with Gasteiger partial charge in [0, 0.05) is 25.4 Å². The van der Waals surface area contributed by atoms with Crippen molar-refractivity contribution in [2.75, 3.05) is 14.2 Å². The van der Waals surface area contributed by atoms with Gasteiger partial charge in [0.05, 0.1) is 20.8 Å². The van der Waals surface area contributed by atoms with Crippen molar-refractivity contribution in [3.05, 3.63) is 53.9 Å². The number of hydrogen-bond acceptors (Lipinski definition) is 6. The lowest BCUT2D eigenvalue weighted by Gasteiger charge is -2.15. The lowest BCUT2D eigenvalue weighted by molar-refractivity contribution is -0.128. The van der Waals surface area contributed by atoms with Crippen LogP contribution in [0.25, 0.3) is 0 Å². The Morgan fingerprint density at radius 3 is 2.67 bits per heavy atom. The smallest absolute Gasteiger partial charge is 0.325 e. The van der Waals surface area contributed by atoms with Crippen molar-refractivity contribution in [1.29, 1.82) is 0 Å². The van der Waals surface area contributed by atoms with Gasteiger partial charge < -0.3 is 20.1 Å². The Balaban J connectivity index is 1.52. The zero-order chi connectivity index (χ0) is 21.5. The highest BCUT2D eigenvalue weighted by Gasteiger charge is 2.37. The molecule has 1 aliphatic rings. The second-order valence-electron chi connectivity index (χ2n) is 6.79. The van der Waals surface area contributed by atoms with Crippen molar-refractivity contribution in [2.24, 2.45) is 0 Å². The molecule has 1 atom stereocenters. The fourth-order valence-corrected chi connectivity index (χ4v) is 3.15. The first-order valence-electron chi connectivity index (χ1n) is 9.50. The molecule has 0 bridgehead atoms. The monoisotopic (exact) mass is 412 g/mol. The number of carbonyl (C=O) groups excluding carboxylic acids is 3. The SMILES string of the molecule is COc1ccc(CN2C(=O)N[C@@H](CCC(=O)NCc3cccnc3)C2=O)cc1OC. The predicted octanol–water partition coefficient (Wildman–Crippen LogP) is 1.62. The lowest BCUT2D eigenvalue weighted by atomic mass is 10.1. The standard InChI is InChI=1S/C21H24N4O5/c1-29-17-7-5-14(10-18(17)30-2)13-25-20(27)16(24-21(25)28)6-8-19(26)23-12-15-4-3-9-22-11-15/h3-5,7,9-11,16H,6,8,12-13H2,1-2H3,(H,23,26)(H,24,28)/t16-/m0/s1. The minimum atomic E-state index is -0.721. The Bertz CT molecular complexity index is 919. The largest absolute Gasteiger partial charge is 0.493 e. The van der Waals surface area contributed by atoms with Crippen LogP contribution in [0.1, 0.15) is 24.0 Å². The number of carbonyl (C=O) groups is 3. The molecular weight excluding hydrogens is 388 g/mol. The van der Waals surface area contributed by atoms with Gasteiger partial charge in [-0.1, -0.05) is 12.1 Å². The van der Waals surface area contributed by atoms with E-state index in [4.69, 9.17) is 9.47 Å². The number of pyridine rings is 1. The summed E-state index contributed by atoms with van der Waals surface area (Å²) in [6, 6.07) is 7.66. The van der Waals surface area contributed by atoms with Gasteiger partial charge in [0.25, 0.3) is 5.91 Å². The van der Waals surface area contributed by atoms with Crippen LogP contribution < -0.4 is 20.1 Å². The molecule has 1 fully saturated rings. The van der Waals surface area contributed by atoms with Gasteiger partial charge in [0.2, 0.25) is 5.91 Å². The van der Waals surface area contributed by atoms with Crippen LogP contribution in [-0.4, -0.2) is 48.0 Å².